The van der Waals surface area contributed by atoms with Crippen LogP contribution < -0.4 is 5.32 Å². The minimum absolute atomic E-state index is 0.00480. The first-order valence-electron chi connectivity index (χ1n) is 19.4. The van der Waals surface area contributed by atoms with Crippen molar-refractivity contribution in [2.75, 3.05) is 6.61 Å². The van der Waals surface area contributed by atoms with Crippen LogP contribution in [-0.2, 0) is 4.79 Å². The molecule has 0 bridgehead atoms. The molecule has 0 rings (SSSR count). The maximum Gasteiger partial charge on any atom is 0.222 e. The Morgan fingerprint density at radius 1 is 0.565 bits per heavy atom. The van der Waals surface area contributed by atoms with Crippen LogP contribution in [0.5, 0.6) is 0 Å². The van der Waals surface area contributed by atoms with E-state index < -0.39 is 18.2 Å². The Labute approximate surface area is 285 Å². The largest absolute Gasteiger partial charge is 0.394 e. The maximum atomic E-state index is 12.3. The average molecular weight is 646 g/mol. The number of nitrogens with one attached hydrogen (secondary N) is 1. The third-order valence-corrected chi connectivity index (χ3v) is 8.58. The molecule has 5 heteroatoms. The van der Waals surface area contributed by atoms with Gasteiger partial charge in [0.15, 0.2) is 0 Å². The van der Waals surface area contributed by atoms with Crippen molar-refractivity contribution in [2.24, 2.45) is 0 Å². The second-order valence-electron chi connectivity index (χ2n) is 13.1. The van der Waals surface area contributed by atoms with E-state index in [2.05, 4.69) is 55.6 Å². The molecule has 0 radical (unpaired) electrons. The van der Waals surface area contributed by atoms with Crippen molar-refractivity contribution in [2.45, 2.75) is 199 Å². The Bertz CT molecular complexity index is 760. The number of unbranched alkanes of at least 4 members (excludes halogenated alkanes) is 19. The Morgan fingerprint density at radius 2 is 1.00 bits per heavy atom. The maximum absolute atomic E-state index is 12.3. The summed E-state index contributed by atoms with van der Waals surface area (Å²) in [7, 11) is 0. The highest BCUT2D eigenvalue weighted by atomic mass is 16.3. The summed E-state index contributed by atoms with van der Waals surface area (Å²) in [5.41, 5.74) is 0. The molecule has 46 heavy (non-hydrogen) atoms. The monoisotopic (exact) mass is 646 g/mol. The molecule has 268 valence electrons. The zero-order valence-corrected chi connectivity index (χ0v) is 30.2. The first-order valence-corrected chi connectivity index (χ1v) is 19.4. The Kier molecular flexibility index (Phi) is 34.8. The van der Waals surface area contributed by atoms with Crippen LogP contribution >= 0.6 is 0 Å². The summed E-state index contributed by atoms with van der Waals surface area (Å²) in [4.78, 5) is 12.3. The standard InChI is InChI=1S/C41H75NO4/c1-3-5-7-9-11-13-15-16-17-18-19-20-21-22-23-24-25-26-28-30-32-34-38(44)36-41(46)42-39(37-43)40(45)35-33-31-29-27-14-12-10-8-6-4-2/h6,8,14,22-23,27,33,35,38-40,43-45H,3-5,7,9-13,15-21,24-26,28-32,34,36-37H2,1-2H3,(H,42,46)/b8-6+,23-22-,27-14+,35-33+. The second kappa shape index (κ2) is 36.2. The summed E-state index contributed by atoms with van der Waals surface area (Å²) in [6, 6.07) is -0.768. The molecule has 3 unspecified atom stereocenters. The van der Waals surface area contributed by atoms with Gasteiger partial charge in [-0.3, -0.25) is 4.79 Å². The summed E-state index contributed by atoms with van der Waals surface area (Å²) >= 11 is 0. The predicted molar refractivity (Wildman–Crippen MR) is 199 cm³/mol. The van der Waals surface area contributed by atoms with Crippen LogP contribution in [0.25, 0.3) is 0 Å². The summed E-state index contributed by atoms with van der Waals surface area (Å²) in [6.07, 6.45) is 45.4. The van der Waals surface area contributed by atoms with Gasteiger partial charge in [0.25, 0.3) is 0 Å². The van der Waals surface area contributed by atoms with Gasteiger partial charge in [0.1, 0.15) is 0 Å². The summed E-state index contributed by atoms with van der Waals surface area (Å²) < 4.78 is 0. The SMILES string of the molecule is CC/C=C/CC/C=C/CC/C=C/C(O)C(CO)NC(=O)CC(O)CCCCCCC/C=C\CCCCCCCCCCCCCC. The molecule has 0 spiro atoms. The van der Waals surface area contributed by atoms with Gasteiger partial charge in [-0.1, -0.05) is 159 Å². The number of carbonyl (C=O) groups excluding carboxylic acids is 1. The summed E-state index contributed by atoms with van der Waals surface area (Å²) in [6.45, 7) is 4.06. The molecule has 3 atom stereocenters. The van der Waals surface area contributed by atoms with Crippen molar-refractivity contribution in [1.82, 2.24) is 5.32 Å². The molecule has 5 nitrogen and oxygen atoms in total. The molecule has 0 aliphatic carbocycles. The van der Waals surface area contributed by atoms with Crippen molar-refractivity contribution in [1.29, 1.82) is 0 Å². The van der Waals surface area contributed by atoms with Crippen LogP contribution in [0.15, 0.2) is 48.6 Å². The highest BCUT2D eigenvalue weighted by Crippen LogP contribution is 2.14. The van der Waals surface area contributed by atoms with E-state index in [0.717, 1.165) is 57.8 Å². The Morgan fingerprint density at radius 3 is 1.50 bits per heavy atom. The van der Waals surface area contributed by atoms with E-state index in [1.807, 2.05) is 6.08 Å². The first-order chi connectivity index (χ1) is 22.5. The number of aliphatic hydroxyl groups is 3. The fourth-order valence-corrected chi connectivity index (χ4v) is 5.61. The molecule has 0 aromatic carbocycles. The number of hydrogen-bond acceptors (Lipinski definition) is 4. The predicted octanol–water partition coefficient (Wildman–Crippen LogP) is 10.6. The van der Waals surface area contributed by atoms with Gasteiger partial charge >= 0.3 is 0 Å². The van der Waals surface area contributed by atoms with Gasteiger partial charge in [-0.2, -0.15) is 0 Å². The minimum atomic E-state index is -0.960. The average Bonchev–Trinajstić information content (AvgIpc) is 3.05. The molecule has 4 N–H and O–H groups in total. The van der Waals surface area contributed by atoms with Crippen LogP contribution in [0, 0.1) is 0 Å². The number of amides is 1. The molecule has 0 aliphatic heterocycles. The molecule has 0 saturated heterocycles. The molecule has 1 amide bonds. The lowest BCUT2D eigenvalue weighted by molar-refractivity contribution is -0.124. The molecular formula is C41H75NO4. The van der Waals surface area contributed by atoms with Crippen LogP contribution in [-0.4, -0.2) is 46.1 Å². The van der Waals surface area contributed by atoms with E-state index in [-0.39, 0.29) is 18.9 Å². The van der Waals surface area contributed by atoms with Gasteiger partial charge in [-0.15, -0.1) is 0 Å². The van der Waals surface area contributed by atoms with E-state index in [1.165, 1.54) is 96.3 Å². The van der Waals surface area contributed by atoms with E-state index >= 15 is 0 Å². The lowest BCUT2D eigenvalue weighted by Crippen LogP contribution is -2.45. The van der Waals surface area contributed by atoms with Gasteiger partial charge in [0.05, 0.1) is 31.3 Å². The molecule has 0 aromatic heterocycles. The molecule has 0 fully saturated rings. The molecule has 0 aliphatic rings. The summed E-state index contributed by atoms with van der Waals surface area (Å²) in [5, 5.41) is 32.9. The number of hydrogen-bond donors (Lipinski definition) is 4. The first kappa shape index (κ1) is 44.3. The molecule has 0 heterocycles. The topological polar surface area (TPSA) is 89.8 Å². The van der Waals surface area contributed by atoms with Crippen LogP contribution in [0.2, 0.25) is 0 Å². The quantitative estimate of drug-likeness (QED) is 0.0414. The molecule has 0 saturated carbocycles. The van der Waals surface area contributed by atoms with Crippen molar-refractivity contribution < 1.29 is 20.1 Å². The van der Waals surface area contributed by atoms with Crippen LogP contribution in [0.1, 0.15) is 181 Å². The highest BCUT2D eigenvalue weighted by Gasteiger charge is 2.20. The van der Waals surface area contributed by atoms with Crippen LogP contribution in [0.3, 0.4) is 0 Å². The zero-order chi connectivity index (χ0) is 33.8. The number of allylic oxidation sites excluding steroid dienone is 7. The van der Waals surface area contributed by atoms with Gasteiger partial charge < -0.3 is 20.6 Å². The van der Waals surface area contributed by atoms with Gasteiger partial charge in [-0.05, 0) is 64.2 Å². The molecule has 0 aromatic rings. The highest BCUT2D eigenvalue weighted by molar-refractivity contribution is 5.76. The van der Waals surface area contributed by atoms with E-state index in [9.17, 15) is 20.1 Å². The van der Waals surface area contributed by atoms with Gasteiger partial charge in [0.2, 0.25) is 5.91 Å². The fourth-order valence-electron chi connectivity index (χ4n) is 5.61. The lowest BCUT2D eigenvalue weighted by atomic mass is 10.0. The number of aliphatic hydroxyl groups excluding tert-OH is 3. The van der Waals surface area contributed by atoms with Crippen molar-refractivity contribution in [3.63, 3.8) is 0 Å². The van der Waals surface area contributed by atoms with Gasteiger partial charge in [0, 0.05) is 0 Å². The Balaban J connectivity index is 3.70. The van der Waals surface area contributed by atoms with E-state index in [4.69, 9.17) is 0 Å². The lowest BCUT2D eigenvalue weighted by Gasteiger charge is -2.20. The molecular weight excluding hydrogens is 570 g/mol. The van der Waals surface area contributed by atoms with Crippen molar-refractivity contribution in [3.05, 3.63) is 48.6 Å². The van der Waals surface area contributed by atoms with Crippen molar-refractivity contribution in [3.8, 4) is 0 Å². The van der Waals surface area contributed by atoms with Gasteiger partial charge in [-0.25, -0.2) is 0 Å². The third-order valence-electron chi connectivity index (χ3n) is 8.58. The fraction of sp³-hybridized carbons (Fsp3) is 0.780. The second-order valence-corrected chi connectivity index (χ2v) is 13.1. The van der Waals surface area contributed by atoms with E-state index in [0.29, 0.717) is 6.42 Å². The normalized spacial score (nSPS) is 14.3. The van der Waals surface area contributed by atoms with Crippen LogP contribution in [0.4, 0.5) is 0 Å². The number of rotatable bonds is 34. The third kappa shape index (κ3) is 32.3. The Hall–Kier alpha value is -1.69. The van der Waals surface area contributed by atoms with Crippen molar-refractivity contribution >= 4 is 5.91 Å². The smallest absolute Gasteiger partial charge is 0.222 e. The minimum Gasteiger partial charge on any atom is -0.394 e. The number of carbonyl (C=O) groups is 1. The zero-order valence-electron chi connectivity index (χ0n) is 30.2. The summed E-state index contributed by atoms with van der Waals surface area (Å²) in [5.74, 6) is -0.339. The van der Waals surface area contributed by atoms with E-state index in [1.54, 1.807) is 6.08 Å².